The first-order chi connectivity index (χ1) is 6.61. The summed E-state index contributed by atoms with van der Waals surface area (Å²) in [5.41, 5.74) is 4.93. The lowest BCUT2D eigenvalue weighted by Gasteiger charge is -2.29. The average molecular weight is 237 g/mol. The van der Waals surface area contributed by atoms with Crippen LogP contribution in [0.1, 0.15) is 6.92 Å². The second kappa shape index (κ2) is 6.47. The largest absolute Gasteiger partial charge is 0.352 e. The van der Waals surface area contributed by atoms with E-state index in [9.17, 15) is 9.59 Å². The highest BCUT2D eigenvalue weighted by Gasteiger charge is 2.22. The third-order valence-electron chi connectivity index (χ3n) is 2.16. The summed E-state index contributed by atoms with van der Waals surface area (Å²) < 4.78 is 0. The summed E-state index contributed by atoms with van der Waals surface area (Å²) in [5.74, 6) is -0.0784. The minimum absolute atomic E-state index is 0. The van der Waals surface area contributed by atoms with Crippen molar-refractivity contribution in [3.8, 4) is 0 Å². The number of carbonyl (C=O) groups is 2. The molecule has 0 saturated carbocycles. The molecule has 1 aliphatic heterocycles. The number of nitrogens with zero attached hydrogens (tertiary/aromatic N) is 1. The molecule has 0 radical (unpaired) electrons. The van der Waals surface area contributed by atoms with Gasteiger partial charge >= 0.3 is 6.03 Å². The van der Waals surface area contributed by atoms with E-state index in [0.29, 0.717) is 13.1 Å². The van der Waals surface area contributed by atoms with Gasteiger partial charge in [-0.15, -0.1) is 12.4 Å². The molecule has 0 bridgehead atoms. The Morgan fingerprint density at radius 3 is 2.40 bits per heavy atom. The molecule has 1 rings (SSSR count). The number of hydrogen-bond donors (Lipinski definition) is 3. The molecule has 15 heavy (non-hydrogen) atoms. The maximum absolute atomic E-state index is 11.7. The number of nitrogens with one attached hydrogen (secondary N) is 2. The SMILES string of the molecule is CC(NC(N)=O)C(=O)N1CCNCC1.Cl. The molecule has 3 amide bonds. The van der Waals surface area contributed by atoms with Gasteiger partial charge in [0.1, 0.15) is 6.04 Å². The first-order valence-electron chi connectivity index (χ1n) is 4.66. The Morgan fingerprint density at radius 2 is 1.93 bits per heavy atom. The highest BCUT2D eigenvalue weighted by molar-refractivity contribution is 5.86. The number of rotatable bonds is 2. The van der Waals surface area contributed by atoms with E-state index in [0.717, 1.165) is 13.1 Å². The van der Waals surface area contributed by atoms with Crippen LogP contribution in [0.5, 0.6) is 0 Å². The van der Waals surface area contributed by atoms with Crippen molar-refractivity contribution in [2.45, 2.75) is 13.0 Å². The second-order valence-electron chi connectivity index (χ2n) is 3.31. The van der Waals surface area contributed by atoms with Crippen molar-refractivity contribution >= 4 is 24.3 Å². The smallest absolute Gasteiger partial charge is 0.312 e. The summed E-state index contributed by atoms with van der Waals surface area (Å²) in [6.45, 7) is 4.60. The summed E-state index contributed by atoms with van der Waals surface area (Å²) in [4.78, 5) is 23.9. The fourth-order valence-corrected chi connectivity index (χ4v) is 1.43. The highest BCUT2D eigenvalue weighted by Crippen LogP contribution is 1.97. The molecule has 4 N–H and O–H groups in total. The van der Waals surface area contributed by atoms with Gasteiger partial charge in [0, 0.05) is 26.2 Å². The summed E-state index contributed by atoms with van der Waals surface area (Å²) >= 11 is 0. The molecule has 7 heteroatoms. The maximum atomic E-state index is 11.7. The zero-order chi connectivity index (χ0) is 10.6. The van der Waals surface area contributed by atoms with Crippen molar-refractivity contribution in [1.29, 1.82) is 0 Å². The molecule has 1 fully saturated rings. The predicted molar refractivity (Wildman–Crippen MR) is 58.9 cm³/mol. The van der Waals surface area contributed by atoms with Crippen LogP contribution in [0, 0.1) is 0 Å². The van der Waals surface area contributed by atoms with Gasteiger partial charge in [-0.1, -0.05) is 0 Å². The van der Waals surface area contributed by atoms with E-state index >= 15 is 0 Å². The van der Waals surface area contributed by atoms with Crippen LogP contribution in [0.4, 0.5) is 4.79 Å². The predicted octanol–water partition coefficient (Wildman–Crippen LogP) is -1.10. The summed E-state index contributed by atoms with van der Waals surface area (Å²) in [5, 5.41) is 5.51. The lowest BCUT2D eigenvalue weighted by molar-refractivity contribution is -0.133. The van der Waals surface area contributed by atoms with Crippen molar-refractivity contribution in [3.63, 3.8) is 0 Å². The molecule has 0 aromatic heterocycles. The number of halogens is 1. The van der Waals surface area contributed by atoms with Gasteiger partial charge in [-0.3, -0.25) is 4.79 Å². The number of primary amides is 1. The van der Waals surface area contributed by atoms with Crippen LogP contribution in [0.15, 0.2) is 0 Å². The van der Waals surface area contributed by atoms with E-state index < -0.39 is 12.1 Å². The lowest BCUT2D eigenvalue weighted by atomic mass is 10.2. The molecule has 0 aliphatic carbocycles. The first-order valence-corrected chi connectivity index (χ1v) is 4.66. The first kappa shape index (κ1) is 14.0. The van der Waals surface area contributed by atoms with E-state index in [1.807, 2.05) is 0 Å². The maximum Gasteiger partial charge on any atom is 0.312 e. The summed E-state index contributed by atoms with van der Waals surface area (Å²) in [6, 6.07) is -1.20. The third-order valence-corrected chi connectivity index (χ3v) is 2.16. The Kier molecular flexibility index (Phi) is 6.03. The number of urea groups is 1. The molecule has 88 valence electrons. The topological polar surface area (TPSA) is 87.5 Å². The van der Waals surface area contributed by atoms with Crippen LogP contribution in [0.2, 0.25) is 0 Å². The van der Waals surface area contributed by atoms with E-state index in [1.54, 1.807) is 11.8 Å². The Morgan fingerprint density at radius 1 is 1.40 bits per heavy atom. The van der Waals surface area contributed by atoms with Crippen LogP contribution in [-0.4, -0.2) is 49.1 Å². The molecule has 0 spiro atoms. The van der Waals surface area contributed by atoms with Gasteiger partial charge in [0.15, 0.2) is 0 Å². The van der Waals surface area contributed by atoms with Crippen LogP contribution in [0.3, 0.4) is 0 Å². The number of carbonyl (C=O) groups excluding carboxylic acids is 2. The molecule has 0 aromatic carbocycles. The fourth-order valence-electron chi connectivity index (χ4n) is 1.43. The van der Waals surface area contributed by atoms with Crippen molar-refractivity contribution in [2.75, 3.05) is 26.2 Å². The molecule has 1 atom stereocenters. The minimum atomic E-state index is -0.666. The second-order valence-corrected chi connectivity index (χ2v) is 3.31. The van der Waals surface area contributed by atoms with E-state index in [4.69, 9.17) is 5.73 Å². The van der Waals surface area contributed by atoms with Gasteiger partial charge in [0.05, 0.1) is 0 Å². The van der Waals surface area contributed by atoms with E-state index in [2.05, 4.69) is 10.6 Å². The zero-order valence-corrected chi connectivity index (χ0v) is 9.47. The van der Waals surface area contributed by atoms with Crippen molar-refractivity contribution in [3.05, 3.63) is 0 Å². The highest BCUT2D eigenvalue weighted by atomic mass is 35.5. The molecule has 6 nitrogen and oxygen atoms in total. The van der Waals surface area contributed by atoms with E-state index in [1.165, 1.54) is 0 Å². The molecular formula is C8H17ClN4O2. The minimum Gasteiger partial charge on any atom is -0.352 e. The van der Waals surface area contributed by atoms with Gasteiger partial charge < -0.3 is 21.3 Å². The van der Waals surface area contributed by atoms with Gasteiger partial charge in [-0.2, -0.15) is 0 Å². The van der Waals surface area contributed by atoms with E-state index in [-0.39, 0.29) is 18.3 Å². The average Bonchev–Trinajstić information content (AvgIpc) is 2.17. The summed E-state index contributed by atoms with van der Waals surface area (Å²) in [6.07, 6.45) is 0. The van der Waals surface area contributed by atoms with Gasteiger partial charge in [-0.25, -0.2) is 4.79 Å². The molecule has 0 aromatic rings. The molecule has 1 aliphatic rings. The number of nitrogens with two attached hydrogens (primary N) is 1. The Hall–Kier alpha value is -1.01. The molecular weight excluding hydrogens is 220 g/mol. The molecule has 1 heterocycles. The van der Waals surface area contributed by atoms with Gasteiger partial charge in [0.25, 0.3) is 0 Å². The van der Waals surface area contributed by atoms with Crippen molar-refractivity contribution in [2.24, 2.45) is 5.73 Å². The monoisotopic (exact) mass is 236 g/mol. The lowest BCUT2D eigenvalue weighted by Crippen LogP contribution is -2.53. The molecule has 1 unspecified atom stereocenters. The zero-order valence-electron chi connectivity index (χ0n) is 8.66. The van der Waals surface area contributed by atoms with Crippen molar-refractivity contribution in [1.82, 2.24) is 15.5 Å². The third kappa shape index (κ3) is 4.35. The normalized spacial score (nSPS) is 17.5. The fraction of sp³-hybridized carbons (Fsp3) is 0.750. The number of hydrogen-bond acceptors (Lipinski definition) is 3. The van der Waals surface area contributed by atoms with Crippen LogP contribution in [-0.2, 0) is 4.79 Å². The van der Waals surface area contributed by atoms with Crippen LogP contribution in [0.25, 0.3) is 0 Å². The number of piperazine rings is 1. The molecule has 1 saturated heterocycles. The Bertz CT molecular complexity index is 231. The van der Waals surface area contributed by atoms with Crippen molar-refractivity contribution < 1.29 is 9.59 Å². The number of amides is 3. The van der Waals surface area contributed by atoms with Crippen LogP contribution < -0.4 is 16.4 Å². The standard InChI is InChI=1S/C8H16N4O2.ClH/c1-6(11-8(9)14)7(13)12-4-2-10-3-5-12;/h6,10H,2-5H2,1H3,(H3,9,11,14);1H. The summed E-state index contributed by atoms with van der Waals surface area (Å²) in [7, 11) is 0. The van der Waals surface area contributed by atoms with Gasteiger partial charge in [-0.05, 0) is 6.92 Å². The van der Waals surface area contributed by atoms with Gasteiger partial charge in [0.2, 0.25) is 5.91 Å². The quantitative estimate of drug-likeness (QED) is 0.569. The Balaban J connectivity index is 0.00000196. The Labute approximate surface area is 95.0 Å². The van der Waals surface area contributed by atoms with Crippen LogP contribution >= 0.6 is 12.4 Å².